The van der Waals surface area contributed by atoms with Gasteiger partial charge < -0.3 is 9.67 Å². The van der Waals surface area contributed by atoms with Gasteiger partial charge in [-0.15, -0.1) is 0 Å². The molecule has 0 saturated heterocycles. The van der Waals surface area contributed by atoms with E-state index in [2.05, 4.69) is 27.8 Å². The predicted molar refractivity (Wildman–Crippen MR) is 93.7 cm³/mol. The van der Waals surface area contributed by atoms with Crippen molar-refractivity contribution < 1.29 is 5.11 Å². The maximum atomic E-state index is 9.38. The molecule has 0 unspecified atom stereocenters. The van der Waals surface area contributed by atoms with E-state index >= 15 is 0 Å². The van der Waals surface area contributed by atoms with Gasteiger partial charge in [-0.1, -0.05) is 41.9 Å². The summed E-state index contributed by atoms with van der Waals surface area (Å²) >= 11 is 6.11. The number of fused-ring (bicyclic) bond motifs is 3. The van der Waals surface area contributed by atoms with Gasteiger partial charge >= 0.3 is 0 Å². The fourth-order valence-corrected chi connectivity index (χ4v) is 3.24. The summed E-state index contributed by atoms with van der Waals surface area (Å²) in [5.74, 6) is 0. The molecular weight excluding hydrogens is 308 g/mol. The molecule has 0 aliphatic heterocycles. The second kappa shape index (κ2) is 5.69. The van der Waals surface area contributed by atoms with Gasteiger partial charge in [0.25, 0.3) is 0 Å². The molecule has 0 spiro atoms. The van der Waals surface area contributed by atoms with Gasteiger partial charge in [-0.2, -0.15) is 0 Å². The van der Waals surface area contributed by atoms with Crippen LogP contribution in [0.5, 0.6) is 0 Å². The van der Waals surface area contributed by atoms with Crippen LogP contribution in [-0.4, -0.2) is 14.7 Å². The van der Waals surface area contributed by atoms with Crippen molar-refractivity contribution >= 4 is 33.5 Å². The molecule has 2 aromatic carbocycles. The predicted octanol–water partition coefficient (Wildman–Crippen LogP) is 4.38. The number of hydrogen-bond donors (Lipinski definition) is 1. The first-order valence-corrected chi connectivity index (χ1v) is 7.85. The van der Waals surface area contributed by atoms with Gasteiger partial charge in [-0.25, -0.2) is 4.98 Å². The maximum absolute atomic E-state index is 9.38. The zero-order valence-electron chi connectivity index (χ0n) is 12.4. The molecule has 4 rings (SSSR count). The van der Waals surface area contributed by atoms with Crippen molar-refractivity contribution in [3.8, 4) is 0 Å². The number of aliphatic hydroxyl groups is 1. The summed E-state index contributed by atoms with van der Waals surface area (Å²) in [6.07, 6.45) is 1.73. The van der Waals surface area contributed by atoms with Crippen molar-refractivity contribution in [2.75, 3.05) is 0 Å². The fraction of sp³-hybridized carbons (Fsp3) is 0.105. The topological polar surface area (TPSA) is 38.1 Å². The van der Waals surface area contributed by atoms with Crippen LogP contribution in [0.4, 0.5) is 0 Å². The van der Waals surface area contributed by atoms with E-state index in [9.17, 15) is 5.11 Å². The Morgan fingerprint density at radius 3 is 2.65 bits per heavy atom. The minimum absolute atomic E-state index is 0.00323. The summed E-state index contributed by atoms with van der Waals surface area (Å²) in [5, 5.41) is 12.3. The third-order valence-corrected chi connectivity index (χ3v) is 4.31. The smallest absolute Gasteiger partial charge is 0.141 e. The normalized spacial score (nSPS) is 11.4. The highest BCUT2D eigenvalue weighted by Gasteiger charge is 2.12. The first-order chi connectivity index (χ1) is 11.3. The monoisotopic (exact) mass is 322 g/mol. The summed E-state index contributed by atoms with van der Waals surface area (Å²) in [7, 11) is 0. The van der Waals surface area contributed by atoms with E-state index in [0.717, 1.165) is 38.1 Å². The average Bonchev–Trinajstić information content (AvgIpc) is 2.89. The van der Waals surface area contributed by atoms with Gasteiger partial charge in [0.1, 0.15) is 5.65 Å². The summed E-state index contributed by atoms with van der Waals surface area (Å²) < 4.78 is 2.19. The van der Waals surface area contributed by atoms with Crippen molar-refractivity contribution in [1.82, 2.24) is 9.55 Å². The van der Waals surface area contributed by atoms with Crippen LogP contribution in [0.15, 0.2) is 60.8 Å². The molecule has 3 nitrogen and oxygen atoms in total. The molecule has 0 radical (unpaired) electrons. The molecular formula is C19H15ClN2O. The number of aromatic nitrogens is 2. The molecule has 0 atom stereocenters. The van der Waals surface area contributed by atoms with Crippen LogP contribution in [-0.2, 0) is 13.2 Å². The Labute approximate surface area is 138 Å². The number of benzene rings is 2. The van der Waals surface area contributed by atoms with E-state index < -0.39 is 0 Å². The van der Waals surface area contributed by atoms with Gasteiger partial charge in [-0.05, 0) is 35.4 Å². The number of nitrogens with zero attached hydrogens (tertiary/aromatic N) is 2. The average molecular weight is 323 g/mol. The molecule has 114 valence electrons. The Kier molecular flexibility index (Phi) is 3.52. The molecule has 0 aliphatic carbocycles. The van der Waals surface area contributed by atoms with Crippen LogP contribution in [0, 0.1) is 0 Å². The lowest BCUT2D eigenvalue weighted by atomic mass is 10.1. The summed E-state index contributed by atoms with van der Waals surface area (Å²) in [4.78, 5) is 4.58. The molecule has 0 bridgehead atoms. The van der Waals surface area contributed by atoms with Crippen LogP contribution < -0.4 is 0 Å². The first-order valence-electron chi connectivity index (χ1n) is 7.47. The van der Waals surface area contributed by atoms with Crippen LogP contribution >= 0.6 is 11.6 Å². The lowest BCUT2D eigenvalue weighted by Crippen LogP contribution is -2.00. The third-order valence-electron chi connectivity index (χ3n) is 4.08. The van der Waals surface area contributed by atoms with Gasteiger partial charge in [-0.3, -0.25) is 0 Å². The van der Waals surface area contributed by atoms with E-state index in [-0.39, 0.29) is 6.61 Å². The van der Waals surface area contributed by atoms with Gasteiger partial charge in [0.15, 0.2) is 0 Å². The van der Waals surface area contributed by atoms with Gasteiger partial charge in [0, 0.05) is 28.5 Å². The van der Waals surface area contributed by atoms with E-state index in [1.165, 1.54) is 0 Å². The van der Waals surface area contributed by atoms with Gasteiger partial charge in [0.05, 0.1) is 12.1 Å². The van der Waals surface area contributed by atoms with E-state index in [0.29, 0.717) is 6.54 Å². The van der Waals surface area contributed by atoms with Gasteiger partial charge in [0.2, 0.25) is 0 Å². The first kappa shape index (κ1) is 14.2. The maximum Gasteiger partial charge on any atom is 0.141 e. The lowest BCUT2D eigenvalue weighted by Gasteiger charge is -2.07. The molecule has 23 heavy (non-hydrogen) atoms. The molecule has 0 fully saturated rings. The molecule has 1 N–H and O–H groups in total. The standard InChI is InChI=1S/C19H15ClN2O/c20-15-5-3-4-13(8-15)11-22-18-7-2-1-6-16(18)17-9-14(12-23)10-21-19(17)22/h1-10,23H,11-12H2. The lowest BCUT2D eigenvalue weighted by molar-refractivity contribution is 0.281. The Bertz CT molecular complexity index is 1010. The van der Waals surface area contributed by atoms with Crippen molar-refractivity contribution in [3.05, 3.63) is 76.9 Å². The molecule has 2 heterocycles. The Morgan fingerprint density at radius 1 is 0.957 bits per heavy atom. The van der Waals surface area contributed by atoms with Crippen LogP contribution in [0.3, 0.4) is 0 Å². The summed E-state index contributed by atoms with van der Waals surface area (Å²) in [6, 6.07) is 18.1. The minimum atomic E-state index is -0.00323. The van der Waals surface area contributed by atoms with Crippen molar-refractivity contribution in [2.24, 2.45) is 0 Å². The minimum Gasteiger partial charge on any atom is -0.392 e. The molecule has 2 aromatic heterocycles. The second-order valence-corrected chi connectivity index (χ2v) is 6.04. The van der Waals surface area contributed by atoms with E-state index in [1.54, 1.807) is 6.20 Å². The molecule has 0 aliphatic rings. The summed E-state index contributed by atoms with van der Waals surface area (Å²) in [6.45, 7) is 0.701. The molecule has 4 heteroatoms. The molecule has 4 aromatic rings. The number of aliphatic hydroxyl groups excluding tert-OH is 1. The molecule has 0 amide bonds. The third kappa shape index (κ3) is 2.48. The second-order valence-electron chi connectivity index (χ2n) is 5.61. The van der Waals surface area contributed by atoms with Crippen molar-refractivity contribution in [1.29, 1.82) is 0 Å². The zero-order valence-corrected chi connectivity index (χ0v) is 13.2. The van der Waals surface area contributed by atoms with E-state index in [4.69, 9.17) is 11.6 Å². The quantitative estimate of drug-likeness (QED) is 0.607. The Morgan fingerprint density at radius 2 is 1.83 bits per heavy atom. The fourth-order valence-electron chi connectivity index (χ4n) is 3.03. The highest BCUT2D eigenvalue weighted by Crippen LogP contribution is 2.29. The Hall–Kier alpha value is -2.36. The largest absolute Gasteiger partial charge is 0.392 e. The summed E-state index contributed by atoms with van der Waals surface area (Å²) in [5.41, 5.74) is 4.00. The number of para-hydroxylation sites is 1. The van der Waals surface area contributed by atoms with Crippen LogP contribution in [0.25, 0.3) is 21.9 Å². The highest BCUT2D eigenvalue weighted by molar-refractivity contribution is 6.30. The zero-order chi connectivity index (χ0) is 15.8. The number of halogens is 1. The highest BCUT2D eigenvalue weighted by atomic mass is 35.5. The van der Waals surface area contributed by atoms with Crippen LogP contribution in [0.2, 0.25) is 5.02 Å². The number of pyridine rings is 1. The SMILES string of the molecule is OCc1cnc2c(c1)c1ccccc1n2Cc1cccc(Cl)c1. The molecule has 0 saturated carbocycles. The Balaban J connectivity index is 1.96. The number of rotatable bonds is 3. The van der Waals surface area contributed by atoms with Crippen molar-refractivity contribution in [2.45, 2.75) is 13.2 Å². The van der Waals surface area contributed by atoms with E-state index in [1.807, 2.05) is 36.4 Å². The van der Waals surface area contributed by atoms with Crippen LogP contribution in [0.1, 0.15) is 11.1 Å². The van der Waals surface area contributed by atoms with Crippen molar-refractivity contribution in [3.63, 3.8) is 0 Å². The number of hydrogen-bond acceptors (Lipinski definition) is 2.